The first kappa shape index (κ1) is 17.2. The third-order valence-corrected chi connectivity index (χ3v) is 2.93. The number of methoxy groups -OCH3 is 1. The van der Waals surface area contributed by atoms with Crippen LogP contribution in [0.3, 0.4) is 0 Å². The van der Waals surface area contributed by atoms with Crippen LogP contribution in [0, 0.1) is 11.3 Å². The SMILES string of the molecule is COC(=O)c1c(SC(F)(F)F)cc(C#N)cc1C(F)(F)F. The molecule has 1 aromatic carbocycles. The Bertz CT molecular complexity index is 602. The molecule has 0 aliphatic heterocycles. The van der Waals surface area contributed by atoms with Crippen LogP contribution in [0.4, 0.5) is 26.3 Å². The Labute approximate surface area is 118 Å². The van der Waals surface area contributed by atoms with Gasteiger partial charge in [0.2, 0.25) is 0 Å². The molecule has 0 amide bonds. The van der Waals surface area contributed by atoms with E-state index < -0.39 is 51.0 Å². The second-order valence-electron chi connectivity index (χ2n) is 3.55. The topological polar surface area (TPSA) is 50.1 Å². The van der Waals surface area contributed by atoms with Crippen LogP contribution in [0.5, 0.6) is 0 Å². The Hall–Kier alpha value is -1.89. The van der Waals surface area contributed by atoms with Crippen molar-refractivity contribution in [2.45, 2.75) is 16.6 Å². The lowest BCUT2D eigenvalue weighted by Crippen LogP contribution is -2.17. The molecule has 0 N–H and O–H groups in total. The first-order valence-corrected chi connectivity index (χ1v) is 5.80. The maximum absolute atomic E-state index is 12.9. The molecule has 10 heteroatoms. The summed E-state index contributed by atoms with van der Waals surface area (Å²) in [5.74, 6) is -1.57. The predicted molar refractivity (Wildman–Crippen MR) is 59.4 cm³/mol. The van der Waals surface area contributed by atoms with E-state index in [0.717, 1.165) is 7.11 Å². The summed E-state index contributed by atoms with van der Waals surface area (Å²) in [5, 5.41) is 8.61. The summed E-state index contributed by atoms with van der Waals surface area (Å²) in [7, 11) is 0.739. The van der Waals surface area contributed by atoms with E-state index in [1.165, 1.54) is 6.07 Å². The maximum atomic E-state index is 12.9. The van der Waals surface area contributed by atoms with Crippen molar-refractivity contribution in [2.75, 3.05) is 7.11 Å². The van der Waals surface area contributed by atoms with Crippen molar-refractivity contribution in [1.29, 1.82) is 5.26 Å². The molecule has 0 aliphatic rings. The van der Waals surface area contributed by atoms with Gasteiger partial charge in [-0.2, -0.15) is 31.6 Å². The molecule has 0 aromatic heterocycles. The van der Waals surface area contributed by atoms with E-state index in [1.54, 1.807) is 0 Å². The van der Waals surface area contributed by atoms with Crippen LogP contribution in [0.15, 0.2) is 17.0 Å². The lowest BCUT2D eigenvalue weighted by atomic mass is 10.0. The Morgan fingerprint density at radius 3 is 2.19 bits per heavy atom. The summed E-state index contributed by atoms with van der Waals surface area (Å²) in [5.41, 5.74) is -8.51. The van der Waals surface area contributed by atoms with Crippen molar-refractivity contribution < 1.29 is 35.9 Å². The van der Waals surface area contributed by atoms with Crippen LogP contribution in [0.25, 0.3) is 0 Å². The molecule has 0 aliphatic carbocycles. The zero-order valence-electron chi connectivity index (χ0n) is 10.1. The summed E-state index contributed by atoms with van der Waals surface area (Å²) in [4.78, 5) is 10.4. The molecule has 21 heavy (non-hydrogen) atoms. The fourth-order valence-electron chi connectivity index (χ4n) is 1.42. The molecule has 0 heterocycles. The number of carbonyl (C=O) groups excluding carboxylic acids is 1. The first-order chi connectivity index (χ1) is 9.49. The van der Waals surface area contributed by atoms with E-state index in [-0.39, 0.29) is 0 Å². The lowest BCUT2D eigenvalue weighted by Gasteiger charge is -2.16. The Balaban J connectivity index is 3.67. The minimum atomic E-state index is -5.11. The molecule has 0 saturated carbocycles. The van der Waals surface area contributed by atoms with E-state index in [0.29, 0.717) is 12.1 Å². The average molecular weight is 329 g/mol. The highest BCUT2D eigenvalue weighted by atomic mass is 32.2. The smallest absolute Gasteiger partial charge is 0.446 e. The molecule has 1 rings (SSSR count). The zero-order valence-corrected chi connectivity index (χ0v) is 10.9. The van der Waals surface area contributed by atoms with Crippen LogP contribution in [0.1, 0.15) is 21.5 Å². The Morgan fingerprint density at radius 2 is 1.81 bits per heavy atom. The van der Waals surface area contributed by atoms with Gasteiger partial charge < -0.3 is 4.74 Å². The summed E-state index contributed by atoms with van der Waals surface area (Å²) in [6, 6.07) is 2.17. The molecular formula is C11H5F6NO2S. The minimum Gasteiger partial charge on any atom is -0.465 e. The largest absolute Gasteiger partial charge is 0.465 e. The van der Waals surface area contributed by atoms with Gasteiger partial charge in [0, 0.05) is 4.90 Å². The van der Waals surface area contributed by atoms with Gasteiger partial charge in [0.1, 0.15) is 0 Å². The zero-order chi connectivity index (χ0) is 16.4. The summed E-state index contributed by atoms with van der Waals surface area (Å²) < 4.78 is 79.9. The highest BCUT2D eigenvalue weighted by Crippen LogP contribution is 2.43. The van der Waals surface area contributed by atoms with Gasteiger partial charge in [0.25, 0.3) is 0 Å². The molecule has 0 fully saturated rings. The van der Waals surface area contributed by atoms with Crippen LogP contribution in [-0.2, 0) is 10.9 Å². The number of esters is 1. The fraction of sp³-hybridized carbons (Fsp3) is 0.273. The quantitative estimate of drug-likeness (QED) is 0.468. The summed E-state index contributed by atoms with van der Waals surface area (Å²) in [6.07, 6.45) is -5.11. The minimum absolute atomic E-state index is 0.298. The number of nitriles is 1. The number of nitrogens with zero attached hydrogens (tertiary/aromatic N) is 1. The number of ether oxygens (including phenoxy) is 1. The summed E-state index contributed by atoms with van der Waals surface area (Å²) in [6.45, 7) is 0. The maximum Gasteiger partial charge on any atom is 0.446 e. The number of rotatable bonds is 2. The van der Waals surface area contributed by atoms with Crippen molar-refractivity contribution in [2.24, 2.45) is 0 Å². The predicted octanol–water partition coefficient (Wildman–Crippen LogP) is 3.98. The molecule has 0 radical (unpaired) electrons. The van der Waals surface area contributed by atoms with Crippen molar-refractivity contribution >= 4 is 17.7 Å². The van der Waals surface area contributed by atoms with Gasteiger partial charge in [-0.15, -0.1) is 0 Å². The van der Waals surface area contributed by atoms with Crippen LogP contribution < -0.4 is 0 Å². The highest BCUT2D eigenvalue weighted by molar-refractivity contribution is 8.00. The normalized spacial score (nSPS) is 11.9. The molecule has 0 bridgehead atoms. The molecule has 0 saturated heterocycles. The van der Waals surface area contributed by atoms with Crippen LogP contribution in [-0.4, -0.2) is 18.6 Å². The highest BCUT2D eigenvalue weighted by Gasteiger charge is 2.40. The monoisotopic (exact) mass is 329 g/mol. The van der Waals surface area contributed by atoms with Gasteiger partial charge in [-0.25, -0.2) is 4.79 Å². The molecule has 3 nitrogen and oxygen atoms in total. The Morgan fingerprint density at radius 1 is 1.24 bits per heavy atom. The van der Waals surface area contributed by atoms with Crippen molar-refractivity contribution in [3.63, 3.8) is 0 Å². The molecule has 0 atom stereocenters. The van der Waals surface area contributed by atoms with Crippen molar-refractivity contribution in [3.8, 4) is 6.07 Å². The number of alkyl halides is 6. The van der Waals surface area contributed by atoms with Gasteiger partial charge in [-0.1, -0.05) is 0 Å². The molecule has 0 unspecified atom stereocenters. The van der Waals surface area contributed by atoms with E-state index in [2.05, 4.69) is 4.74 Å². The van der Waals surface area contributed by atoms with E-state index in [4.69, 9.17) is 5.26 Å². The van der Waals surface area contributed by atoms with Crippen LogP contribution in [0.2, 0.25) is 0 Å². The van der Waals surface area contributed by atoms with Gasteiger partial charge in [0.15, 0.2) is 0 Å². The third-order valence-electron chi connectivity index (χ3n) is 2.15. The third kappa shape index (κ3) is 4.29. The van der Waals surface area contributed by atoms with Crippen LogP contribution >= 0.6 is 11.8 Å². The van der Waals surface area contributed by atoms with E-state index in [1.807, 2.05) is 0 Å². The number of carbonyl (C=O) groups is 1. The first-order valence-electron chi connectivity index (χ1n) is 4.99. The van der Waals surface area contributed by atoms with Crippen molar-refractivity contribution in [1.82, 2.24) is 0 Å². The summed E-state index contributed by atoms with van der Waals surface area (Å²) >= 11 is -0.921. The standard InChI is InChI=1S/C11H5F6NO2S/c1-20-9(19)8-6(10(12,13)14)2-5(4-18)3-7(8)21-11(15,16)17/h2-3H,1H3. The number of halogens is 6. The van der Waals surface area contributed by atoms with E-state index in [9.17, 15) is 31.1 Å². The molecular weight excluding hydrogens is 324 g/mol. The van der Waals surface area contributed by atoms with Gasteiger partial charge in [-0.05, 0) is 23.9 Å². The number of hydrogen-bond acceptors (Lipinski definition) is 4. The molecule has 114 valence electrons. The molecule has 0 spiro atoms. The van der Waals surface area contributed by atoms with Gasteiger partial charge in [-0.3, -0.25) is 0 Å². The van der Waals surface area contributed by atoms with Gasteiger partial charge in [0.05, 0.1) is 29.9 Å². The molecule has 1 aromatic rings. The second kappa shape index (κ2) is 5.85. The van der Waals surface area contributed by atoms with Crippen molar-refractivity contribution in [3.05, 3.63) is 28.8 Å². The number of benzene rings is 1. The Kier molecular flexibility index (Phi) is 4.78. The number of hydrogen-bond donors (Lipinski definition) is 0. The number of thioether (sulfide) groups is 1. The van der Waals surface area contributed by atoms with Gasteiger partial charge >= 0.3 is 17.7 Å². The fourth-order valence-corrected chi connectivity index (χ4v) is 2.15. The average Bonchev–Trinajstić information content (AvgIpc) is 2.33. The lowest BCUT2D eigenvalue weighted by molar-refractivity contribution is -0.138. The van der Waals surface area contributed by atoms with E-state index >= 15 is 0 Å². The second-order valence-corrected chi connectivity index (χ2v) is 4.65.